The van der Waals surface area contributed by atoms with Gasteiger partial charge in [-0.1, -0.05) is 18.1 Å². The zero-order valence-corrected chi connectivity index (χ0v) is 14.8. The molecule has 2 aromatic rings. The van der Waals surface area contributed by atoms with Crippen molar-refractivity contribution < 1.29 is 4.52 Å². The lowest BCUT2D eigenvalue weighted by Crippen LogP contribution is -2.35. The molecule has 0 spiro atoms. The molecule has 1 aliphatic heterocycles. The van der Waals surface area contributed by atoms with Crippen molar-refractivity contribution in [2.24, 2.45) is 0 Å². The highest BCUT2D eigenvalue weighted by Gasteiger charge is 2.23. The largest absolute Gasteiger partial charge is 0.361 e. The Morgan fingerprint density at radius 1 is 1.25 bits per heavy atom. The Morgan fingerprint density at radius 2 is 2.17 bits per heavy atom. The number of hydrogen-bond acceptors (Lipinski definition) is 5. The number of pyridine rings is 1. The van der Waals surface area contributed by atoms with Crippen LogP contribution in [0.1, 0.15) is 48.9 Å². The van der Waals surface area contributed by atoms with Crippen LogP contribution >= 0.6 is 0 Å². The molecule has 1 saturated heterocycles. The van der Waals surface area contributed by atoms with Crippen molar-refractivity contribution in [3.05, 3.63) is 47.1 Å². The first-order chi connectivity index (χ1) is 11.8. The molecule has 130 valence electrons. The maximum atomic E-state index is 5.45. The van der Waals surface area contributed by atoms with Gasteiger partial charge in [0.05, 0.1) is 11.4 Å². The van der Waals surface area contributed by atoms with Crippen LogP contribution in [0.25, 0.3) is 0 Å². The molecule has 0 amide bonds. The predicted octanol–water partition coefficient (Wildman–Crippen LogP) is 3.08. The van der Waals surface area contributed by atoms with E-state index in [0.29, 0.717) is 6.04 Å². The van der Waals surface area contributed by atoms with Crippen LogP contribution in [0.15, 0.2) is 28.9 Å². The van der Waals surface area contributed by atoms with Crippen LogP contribution in [0.3, 0.4) is 0 Å². The van der Waals surface area contributed by atoms with Gasteiger partial charge >= 0.3 is 0 Å². The average Bonchev–Trinajstić information content (AvgIpc) is 2.80. The second-order valence-corrected chi connectivity index (χ2v) is 6.58. The second-order valence-electron chi connectivity index (χ2n) is 6.58. The number of nitrogens with one attached hydrogen (secondary N) is 1. The molecule has 1 atom stereocenters. The summed E-state index contributed by atoms with van der Waals surface area (Å²) in [5.74, 6) is 0.949. The Morgan fingerprint density at radius 3 is 2.96 bits per heavy atom. The quantitative estimate of drug-likeness (QED) is 0.883. The molecule has 0 aromatic carbocycles. The minimum absolute atomic E-state index is 0.570. The van der Waals surface area contributed by atoms with E-state index in [1.54, 1.807) is 0 Å². The second kappa shape index (κ2) is 8.40. The highest BCUT2D eigenvalue weighted by atomic mass is 16.5. The Bertz CT molecular complexity index is 618. The van der Waals surface area contributed by atoms with Gasteiger partial charge in [0.15, 0.2) is 0 Å². The van der Waals surface area contributed by atoms with Gasteiger partial charge < -0.3 is 9.84 Å². The first kappa shape index (κ1) is 17.1. The Balaban J connectivity index is 1.81. The fraction of sp³-hybridized carbons (Fsp3) is 0.579. The molecule has 1 fully saturated rings. The number of nitrogens with zero attached hydrogens (tertiary/aromatic N) is 3. The lowest BCUT2D eigenvalue weighted by molar-refractivity contribution is 0.161. The van der Waals surface area contributed by atoms with E-state index in [0.717, 1.165) is 49.7 Å². The minimum atomic E-state index is 0.570. The summed E-state index contributed by atoms with van der Waals surface area (Å²) in [5.41, 5.74) is 3.47. The third-order valence-corrected chi connectivity index (χ3v) is 4.92. The first-order valence-corrected chi connectivity index (χ1v) is 9.06. The van der Waals surface area contributed by atoms with E-state index in [1.807, 2.05) is 19.2 Å². The molecule has 2 aromatic heterocycles. The van der Waals surface area contributed by atoms with Crippen molar-refractivity contribution in [3.63, 3.8) is 0 Å². The summed E-state index contributed by atoms with van der Waals surface area (Å²) < 4.78 is 5.45. The third-order valence-electron chi connectivity index (χ3n) is 4.92. The molecule has 0 radical (unpaired) electrons. The SMILES string of the molecule is CCc1noc(C)c1CN(Cc1ccccn1)[C@H]1CCCNCC1. The number of rotatable bonds is 6. The molecule has 0 unspecified atom stereocenters. The van der Waals surface area contributed by atoms with Gasteiger partial charge in [0, 0.05) is 30.9 Å². The molecule has 3 heterocycles. The molecule has 1 N–H and O–H groups in total. The van der Waals surface area contributed by atoms with E-state index in [-0.39, 0.29) is 0 Å². The molecule has 1 aliphatic rings. The van der Waals surface area contributed by atoms with Crippen LogP contribution in [0.4, 0.5) is 0 Å². The maximum Gasteiger partial charge on any atom is 0.138 e. The van der Waals surface area contributed by atoms with Crippen LogP contribution in [-0.4, -0.2) is 34.2 Å². The number of aryl methyl sites for hydroxylation is 2. The highest BCUT2D eigenvalue weighted by molar-refractivity contribution is 5.22. The van der Waals surface area contributed by atoms with Crippen molar-refractivity contribution in [1.82, 2.24) is 20.4 Å². The summed E-state index contributed by atoms with van der Waals surface area (Å²) in [4.78, 5) is 7.10. The highest BCUT2D eigenvalue weighted by Crippen LogP contribution is 2.23. The monoisotopic (exact) mass is 328 g/mol. The maximum absolute atomic E-state index is 5.45. The lowest BCUT2D eigenvalue weighted by Gasteiger charge is -2.30. The van der Waals surface area contributed by atoms with Crippen molar-refractivity contribution >= 4 is 0 Å². The number of hydrogen-bond donors (Lipinski definition) is 1. The lowest BCUT2D eigenvalue weighted by atomic mass is 10.0. The number of aromatic nitrogens is 2. The molecular weight excluding hydrogens is 300 g/mol. The average molecular weight is 328 g/mol. The van der Waals surface area contributed by atoms with Crippen molar-refractivity contribution in [3.8, 4) is 0 Å². The Hall–Kier alpha value is -1.72. The molecule has 5 nitrogen and oxygen atoms in total. The van der Waals surface area contributed by atoms with E-state index in [4.69, 9.17) is 4.52 Å². The van der Waals surface area contributed by atoms with Gasteiger partial charge in [-0.15, -0.1) is 0 Å². The summed E-state index contributed by atoms with van der Waals surface area (Å²) >= 11 is 0. The van der Waals surface area contributed by atoms with Crippen LogP contribution in [0.2, 0.25) is 0 Å². The molecule has 3 rings (SSSR count). The molecule has 24 heavy (non-hydrogen) atoms. The van der Waals surface area contributed by atoms with E-state index >= 15 is 0 Å². The van der Waals surface area contributed by atoms with Gasteiger partial charge in [-0.3, -0.25) is 9.88 Å². The van der Waals surface area contributed by atoms with Gasteiger partial charge in [-0.05, 0) is 57.8 Å². The summed E-state index contributed by atoms with van der Waals surface area (Å²) in [6.07, 6.45) is 6.43. The van der Waals surface area contributed by atoms with Crippen LogP contribution < -0.4 is 5.32 Å². The molecule has 0 saturated carbocycles. The predicted molar refractivity (Wildman–Crippen MR) is 94.6 cm³/mol. The third kappa shape index (κ3) is 4.22. The Kier molecular flexibility index (Phi) is 5.99. The standard InChI is InChI=1S/C19H28N4O/c1-3-19-18(15(2)24-22-19)14-23(13-16-7-4-5-11-21-16)17-8-6-10-20-12-9-17/h4-5,7,11,17,20H,3,6,8-10,12-14H2,1-2H3/t17-/m0/s1. The zero-order valence-electron chi connectivity index (χ0n) is 14.8. The fourth-order valence-electron chi connectivity index (χ4n) is 3.50. The van der Waals surface area contributed by atoms with Crippen LogP contribution in [0, 0.1) is 6.92 Å². The summed E-state index contributed by atoms with van der Waals surface area (Å²) in [6, 6.07) is 6.73. The zero-order chi connectivity index (χ0) is 16.8. The van der Waals surface area contributed by atoms with Gasteiger partial charge in [0.25, 0.3) is 0 Å². The summed E-state index contributed by atoms with van der Waals surface area (Å²) in [6.45, 7) is 8.14. The summed E-state index contributed by atoms with van der Waals surface area (Å²) in [5, 5.41) is 7.74. The van der Waals surface area contributed by atoms with E-state index in [1.165, 1.54) is 24.8 Å². The Labute approximate surface area is 144 Å². The minimum Gasteiger partial charge on any atom is -0.361 e. The molecule has 0 bridgehead atoms. The van der Waals surface area contributed by atoms with Gasteiger partial charge in [-0.2, -0.15) is 0 Å². The van der Waals surface area contributed by atoms with Gasteiger partial charge in [0.2, 0.25) is 0 Å². The normalized spacial score (nSPS) is 18.7. The van der Waals surface area contributed by atoms with Gasteiger partial charge in [0.1, 0.15) is 5.76 Å². The summed E-state index contributed by atoms with van der Waals surface area (Å²) in [7, 11) is 0. The van der Waals surface area contributed by atoms with Crippen LogP contribution in [-0.2, 0) is 19.5 Å². The van der Waals surface area contributed by atoms with E-state index in [9.17, 15) is 0 Å². The topological polar surface area (TPSA) is 54.2 Å². The van der Waals surface area contributed by atoms with Gasteiger partial charge in [-0.25, -0.2) is 0 Å². The van der Waals surface area contributed by atoms with Crippen molar-refractivity contribution in [2.75, 3.05) is 13.1 Å². The first-order valence-electron chi connectivity index (χ1n) is 9.06. The van der Waals surface area contributed by atoms with Crippen molar-refractivity contribution in [2.45, 2.75) is 58.7 Å². The smallest absolute Gasteiger partial charge is 0.138 e. The molecular formula is C19H28N4O. The fourth-order valence-corrected chi connectivity index (χ4v) is 3.50. The molecule has 5 heteroatoms. The van der Waals surface area contributed by atoms with E-state index < -0.39 is 0 Å². The molecule has 0 aliphatic carbocycles. The van der Waals surface area contributed by atoms with Crippen LogP contribution in [0.5, 0.6) is 0 Å². The van der Waals surface area contributed by atoms with Crippen molar-refractivity contribution in [1.29, 1.82) is 0 Å². The van der Waals surface area contributed by atoms with E-state index in [2.05, 4.69) is 39.4 Å².